The highest BCUT2D eigenvalue weighted by Crippen LogP contribution is 2.26. The first kappa shape index (κ1) is 21.7. The summed E-state index contributed by atoms with van der Waals surface area (Å²) >= 11 is 0. The molecule has 7 nitrogen and oxygen atoms in total. The number of aryl methyl sites for hydroxylation is 1. The Hall–Kier alpha value is -2.54. The van der Waals surface area contributed by atoms with Crippen molar-refractivity contribution in [3.8, 4) is 0 Å². The molecule has 2 aromatic rings. The Kier molecular flexibility index (Phi) is 7.12. The number of hydrogen-bond acceptors (Lipinski definition) is 4. The molecule has 2 fully saturated rings. The van der Waals surface area contributed by atoms with E-state index in [4.69, 9.17) is 4.74 Å². The maximum Gasteiger partial charge on any atom is 0.194 e. The number of nitrogens with zero attached hydrogens (tertiary/aromatic N) is 5. The fourth-order valence-electron chi connectivity index (χ4n) is 4.69. The van der Waals surface area contributed by atoms with Crippen LogP contribution >= 0.6 is 0 Å². The van der Waals surface area contributed by atoms with Crippen molar-refractivity contribution in [1.82, 2.24) is 20.0 Å². The molecule has 1 aliphatic heterocycles. The second-order valence-corrected chi connectivity index (χ2v) is 8.72. The summed E-state index contributed by atoms with van der Waals surface area (Å²) < 4.78 is 7.79. The average molecular weight is 425 g/mol. The number of nitrogens with one attached hydrogen (secondary N) is 1. The predicted octanol–water partition coefficient (Wildman–Crippen LogP) is 3.34. The Bertz CT molecular complexity index is 855. The summed E-state index contributed by atoms with van der Waals surface area (Å²) in [6, 6.07) is 9.65. The van der Waals surface area contributed by atoms with Gasteiger partial charge in [0.15, 0.2) is 5.96 Å². The van der Waals surface area contributed by atoms with Crippen LogP contribution in [0.15, 0.2) is 41.7 Å². The van der Waals surface area contributed by atoms with Crippen molar-refractivity contribution in [1.29, 1.82) is 0 Å². The zero-order valence-electron chi connectivity index (χ0n) is 19.1. The van der Waals surface area contributed by atoms with E-state index in [0.29, 0.717) is 12.6 Å². The van der Waals surface area contributed by atoms with Gasteiger partial charge in [-0.1, -0.05) is 31.4 Å². The van der Waals surface area contributed by atoms with Crippen molar-refractivity contribution in [2.24, 2.45) is 12.0 Å². The van der Waals surface area contributed by atoms with Crippen molar-refractivity contribution < 1.29 is 4.74 Å². The first-order valence-corrected chi connectivity index (χ1v) is 11.5. The smallest absolute Gasteiger partial charge is 0.194 e. The first-order chi connectivity index (χ1) is 15.1. The Morgan fingerprint density at radius 1 is 1.23 bits per heavy atom. The van der Waals surface area contributed by atoms with Crippen LogP contribution in [0.3, 0.4) is 0 Å². The number of morpholine rings is 1. The zero-order valence-corrected chi connectivity index (χ0v) is 19.1. The summed E-state index contributed by atoms with van der Waals surface area (Å²) in [6.45, 7) is 3.05. The number of aromatic nitrogens is 2. The SMILES string of the molecule is CN=C(NCc1ccc(N(C)C2CCCCC2)cc1)N1CCOC(c2cnn(C)c2)C1. The Morgan fingerprint density at radius 2 is 2.00 bits per heavy atom. The van der Waals surface area contributed by atoms with Crippen LogP contribution in [0.2, 0.25) is 0 Å². The van der Waals surface area contributed by atoms with Gasteiger partial charge in [0.05, 0.1) is 19.3 Å². The van der Waals surface area contributed by atoms with Gasteiger partial charge in [0.1, 0.15) is 6.10 Å². The molecule has 7 heteroatoms. The van der Waals surface area contributed by atoms with Crippen molar-refractivity contribution in [3.63, 3.8) is 0 Å². The normalized spacial score (nSPS) is 20.7. The molecule has 1 aromatic heterocycles. The lowest BCUT2D eigenvalue weighted by atomic mass is 9.94. The van der Waals surface area contributed by atoms with Gasteiger partial charge in [-0.3, -0.25) is 9.67 Å². The summed E-state index contributed by atoms with van der Waals surface area (Å²) in [6.07, 6.45) is 10.7. The average Bonchev–Trinajstić information content (AvgIpc) is 3.26. The highest BCUT2D eigenvalue weighted by Gasteiger charge is 2.25. The third-order valence-electron chi connectivity index (χ3n) is 6.59. The molecule has 0 spiro atoms. The summed E-state index contributed by atoms with van der Waals surface area (Å²) in [7, 11) is 6.02. The van der Waals surface area contributed by atoms with Crippen molar-refractivity contribution >= 4 is 11.6 Å². The topological polar surface area (TPSA) is 57.9 Å². The molecule has 1 atom stereocenters. The van der Waals surface area contributed by atoms with Gasteiger partial charge in [-0.2, -0.15) is 5.10 Å². The standard InChI is InChI=1S/C24H36N6O/c1-25-24(30-13-14-31-23(18-30)20-16-27-28(2)17-20)26-15-19-9-11-22(12-10-19)29(3)21-7-5-4-6-8-21/h9-12,16-17,21,23H,4-8,13-15,18H2,1-3H3,(H,25,26). The van der Waals surface area contributed by atoms with Gasteiger partial charge in [0, 0.05) is 57.7 Å². The third-order valence-corrected chi connectivity index (χ3v) is 6.59. The Morgan fingerprint density at radius 3 is 2.68 bits per heavy atom. The molecule has 31 heavy (non-hydrogen) atoms. The number of rotatable bonds is 5. The van der Waals surface area contributed by atoms with Crippen LogP contribution in [0.1, 0.15) is 49.3 Å². The van der Waals surface area contributed by atoms with Gasteiger partial charge >= 0.3 is 0 Å². The van der Waals surface area contributed by atoms with E-state index in [1.165, 1.54) is 43.4 Å². The molecule has 1 aliphatic carbocycles. The predicted molar refractivity (Wildman–Crippen MR) is 125 cm³/mol. The Labute approximate surface area is 186 Å². The molecular weight excluding hydrogens is 388 g/mol. The van der Waals surface area contributed by atoms with Crippen molar-refractivity contribution in [2.45, 2.75) is 50.8 Å². The van der Waals surface area contributed by atoms with E-state index in [1.54, 1.807) is 0 Å². The monoisotopic (exact) mass is 424 g/mol. The second kappa shape index (κ2) is 10.2. The van der Waals surface area contributed by atoms with Crippen molar-refractivity contribution in [3.05, 3.63) is 47.8 Å². The van der Waals surface area contributed by atoms with Gasteiger partial charge in [-0.15, -0.1) is 0 Å². The molecular formula is C24H36N6O. The highest BCUT2D eigenvalue weighted by atomic mass is 16.5. The fourth-order valence-corrected chi connectivity index (χ4v) is 4.69. The minimum atomic E-state index is 0.0237. The summed E-state index contributed by atoms with van der Waals surface area (Å²) in [5.74, 6) is 0.917. The molecule has 2 aliphatic rings. The lowest BCUT2D eigenvalue weighted by Gasteiger charge is -2.35. The lowest BCUT2D eigenvalue weighted by molar-refractivity contribution is -0.00805. The maximum atomic E-state index is 5.97. The maximum absolute atomic E-state index is 5.97. The van der Waals surface area contributed by atoms with Gasteiger partial charge in [0.25, 0.3) is 0 Å². The van der Waals surface area contributed by atoms with E-state index in [0.717, 1.165) is 31.2 Å². The minimum absolute atomic E-state index is 0.0237. The van der Waals surface area contributed by atoms with E-state index >= 15 is 0 Å². The molecule has 1 N–H and O–H groups in total. The molecule has 1 unspecified atom stereocenters. The molecule has 2 heterocycles. The minimum Gasteiger partial charge on any atom is -0.372 e. The van der Waals surface area contributed by atoms with Crippen LogP contribution in [-0.4, -0.2) is 60.5 Å². The van der Waals surface area contributed by atoms with E-state index in [2.05, 4.69) is 56.5 Å². The van der Waals surface area contributed by atoms with Gasteiger partial charge < -0.3 is 19.9 Å². The molecule has 1 aromatic carbocycles. The van der Waals surface area contributed by atoms with Crippen LogP contribution in [0.5, 0.6) is 0 Å². The van der Waals surface area contributed by atoms with Crippen LogP contribution in [0, 0.1) is 0 Å². The van der Waals surface area contributed by atoms with Crippen LogP contribution in [0.25, 0.3) is 0 Å². The zero-order chi connectivity index (χ0) is 21.6. The molecule has 1 saturated heterocycles. The van der Waals surface area contributed by atoms with E-state index in [1.807, 2.05) is 31.2 Å². The van der Waals surface area contributed by atoms with E-state index < -0.39 is 0 Å². The number of guanidine groups is 1. The number of benzene rings is 1. The fraction of sp³-hybridized carbons (Fsp3) is 0.583. The van der Waals surface area contributed by atoms with E-state index in [-0.39, 0.29) is 6.10 Å². The summed E-state index contributed by atoms with van der Waals surface area (Å²) in [4.78, 5) is 9.24. The summed E-state index contributed by atoms with van der Waals surface area (Å²) in [5, 5.41) is 7.81. The number of anilines is 1. The Balaban J connectivity index is 1.32. The molecule has 168 valence electrons. The van der Waals surface area contributed by atoms with Crippen LogP contribution < -0.4 is 10.2 Å². The highest BCUT2D eigenvalue weighted by molar-refractivity contribution is 5.80. The van der Waals surface area contributed by atoms with Gasteiger partial charge in [0.2, 0.25) is 0 Å². The summed E-state index contributed by atoms with van der Waals surface area (Å²) in [5.41, 5.74) is 3.69. The van der Waals surface area contributed by atoms with Crippen molar-refractivity contribution in [2.75, 3.05) is 38.7 Å². The third kappa shape index (κ3) is 5.39. The number of ether oxygens (including phenoxy) is 1. The largest absolute Gasteiger partial charge is 0.372 e. The van der Waals surface area contributed by atoms with Crippen LogP contribution in [-0.2, 0) is 18.3 Å². The van der Waals surface area contributed by atoms with Gasteiger partial charge in [-0.05, 0) is 30.5 Å². The van der Waals surface area contributed by atoms with Gasteiger partial charge in [-0.25, -0.2) is 0 Å². The molecule has 0 radical (unpaired) electrons. The second-order valence-electron chi connectivity index (χ2n) is 8.72. The molecule has 1 saturated carbocycles. The molecule has 0 bridgehead atoms. The first-order valence-electron chi connectivity index (χ1n) is 11.5. The molecule has 0 amide bonds. The lowest BCUT2D eigenvalue weighted by Crippen LogP contribution is -2.47. The van der Waals surface area contributed by atoms with Crippen LogP contribution in [0.4, 0.5) is 5.69 Å². The number of aliphatic imine (C=N–C) groups is 1. The van der Waals surface area contributed by atoms with E-state index in [9.17, 15) is 0 Å². The number of hydrogen-bond donors (Lipinski definition) is 1. The quantitative estimate of drug-likeness (QED) is 0.589. The molecule has 4 rings (SSSR count).